The zero-order valence-electron chi connectivity index (χ0n) is 11.6. The minimum Gasteiger partial charge on any atom is -0.361 e. The van der Waals surface area contributed by atoms with E-state index in [1.165, 1.54) is 11.3 Å². The van der Waals surface area contributed by atoms with E-state index in [0.717, 1.165) is 33.8 Å². The Labute approximate surface area is 122 Å². The second-order valence-electron chi connectivity index (χ2n) is 4.96. The average molecular weight is 287 g/mol. The highest BCUT2D eigenvalue weighted by molar-refractivity contribution is 7.18. The lowest BCUT2D eigenvalue weighted by Gasteiger charge is -2.38. The number of nitrogens with one attached hydrogen (secondary N) is 2. The van der Waals surface area contributed by atoms with Crippen molar-refractivity contribution in [1.29, 1.82) is 0 Å². The Morgan fingerprint density at radius 2 is 1.90 bits per heavy atom. The van der Waals surface area contributed by atoms with Crippen molar-refractivity contribution in [2.24, 2.45) is 0 Å². The number of nitrogens with zero attached hydrogens (tertiary/aromatic N) is 1. The van der Waals surface area contributed by atoms with Crippen molar-refractivity contribution in [1.82, 2.24) is 10.3 Å². The Hall–Kier alpha value is -1.88. The highest BCUT2D eigenvalue weighted by Gasteiger charge is 2.35. The van der Waals surface area contributed by atoms with Crippen LogP contribution < -0.4 is 10.6 Å². The minimum atomic E-state index is -0.319. The van der Waals surface area contributed by atoms with E-state index in [1.807, 2.05) is 12.1 Å². The molecule has 0 atom stereocenters. The summed E-state index contributed by atoms with van der Waals surface area (Å²) in [7, 11) is 0. The highest BCUT2D eigenvalue weighted by atomic mass is 32.1. The molecular weight excluding hydrogens is 270 g/mol. The molecule has 0 spiro atoms. The Kier molecular flexibility index (Phi) is 3.22. The fraction of sp³-hybridized carbons (Fsp3) is 0.333. The second kappa shape index (κ2) is 4.90. The number of aromatic nitrogens is 1. The first-order valence-corrected chi connectivity index (χ1v) is 7.64. The predicted octanol–water partition coefficient (Wildman–Crippen LogP) is 3.48. The number of amides is 1. The highest BCUT2D eigenvalue weighted by Crippen LogP contribution is 2.39. The first-order chi connectivity index (χ1) is 9.67. The lowest BCUT2D eigenvalue weighted by atomic mass is 10.0. The molecule has 104 valence electrons. The maximum atomic E-state index is 12.3. The predicted molar refractivity (Wildman–Crippen MR) is 82.0 cm³/mol. The molecule has 0 fully saturated rings. The van der Waals surface area contributed by atoms with Crippen LogP contribution in [0.3, 0.4) is 0 Å². The molecule has 3 heterocycles. The smallest absolute Gasteiger partial charge is 0.265 e. The lowest BCUT2D eigenvalue weighted by Crippen LogP contribution is -2.56. The van der Waals surface area contributed by atoms with Crippen LogP contribution in [0.25, 0.3) is 10.4 Å². The molecule has 0 bridgehead atoms. The first kappa shape index (κ1) is 13.1. The van der Waals surface area contributed by atoms with Crippen LogP contribution in [-0.2, 0) is 0 Å². The van der Waals surface area contributed by atoms with Gasteiger partial charge in [-0.2, -0.15) is 0 Å². The van der Waals surface area contributed by atoms with Gasteiger partial charge in [0.25, 0.3) is 5.91 Å². The van der Waals surface area contributed by atoms with Crippen LogP contribution in [-0.4, -0.2) is 16.6 Å². The summed E-state index contributed by atoms with van der Waals surface area (Å²) in [5, 5.41) is 6.59. The number of rotatable bonds is 3. The molecule has 0 saturated carbocycles. The van der Waals surface area contributed by atoms with Gasteiger partial charge in [0, 0.05) is 17.3 Å². The van der Waals surface area contributed by atoms with Gasteiger partial charge in [0.2, 0.25) is 0 Å². The molecule has 0 aliphatic carbocycles. The fourth-order valence-electron chi connectivity index (χ4n) is 2.48. The Bertz CT molecular complexity index is 632. The third-order valence-corrected chi connectivity index (χ3v) is 5.02. The third kappa shape index (κ3) is 2.08. The third-order valence-electron chi connectivity index (χ3n) is 3.84. The van der Waals surface area contributed by atoms with Crippen molar-refractivity contribution in [3.05, 3.63) is 35.5 Å². The molecule has 2 aromatic heterocycles. The van der Waals surface area contributed by atoms with Crippen LogP contribution in [0.4, 0.5) is 5.69 Å². The van der Waals surface area contributed by atoms with Crippen molar-refractivity contribution in [2.45, 2.75) is 32.4 Å². The van der Waals surface area contributed by atoms with E-state index in [0.29, 0.717) is 0 Å². The lowest BCUT2D eigenvalue weighted by molar-refractivity contribution is 0.0900. The number of fused-ring (bicyclic) bond motifs is 1. The summed E-state index contributed by atoms with van der Waals surface area (Å²) in [4.78, 5) is 18.2. The van der Waals surface area contributed by atoms with Gasteiger partial charge in [-0.15, -0.1) is 11.3 Å². The van der Waals surface area contributed by atoms with Crippen LogP contribution in [0, 0.1) is 0 Å². The van der Waals surface area contributed by atoms with Gasteiger partial charge >= 0.3 is 0 Å². The number of hydrogen-bond donors (Lipinski definition) is 2. The number of carbonyl (C=O) groups excluding carboxylic acids is 1. The molecule has 2 N–H and O–H groups in total. The summed E-state index contributed by atoms with van der Waals surface area (Å²) in [6.45, 7) is 4.16. The van der Waals surface area contributed by atoms with Crippen LogP contribution in [0.5, 0.6) is 0 Å². The molecule has 0 unspecified atom stereocenters. The molecule has 20 heavy (non-hydrogen) atoms. The number of carbonyl (C=O) groups is 1. The number of hydrogen-bond acceptors (Lipinski definition) is 4. The summed E-state index contributed by atoms with van der Waals surface area (Å²) in [6.07, 6.45) is 5.25. The molecule has 1 aliphatic heterocycles. The molecule has 3 rings (SSSR count). The molecule has 0 radical (unpaired) electrons. The van der Waals surface area contributed by atoms with Crippen LogP contribution in [0.15, 0.2) is 30.6 Å². The topological polar surface area (TPSA) is 54.0 Å². The number of pyridine rings is 1. The first-order valence-electron chi connectivity index (χ1n) is 6.82. The maximum absolute atomic E-state index is 12.3. The fourth-order valence-corrected chi connectivity index (χ4v) is 3.49. The van der Waals surface area contributed by atoms with Crippen molar-refractivity contribution in [3.8, 4) is 10.4 Å². The summed E-state index contributed by atoms with van der Waals surface area (Å²) in [6, 6.07) is 5.98. The molecule has 1 aliphatic rings. The summed E-state index contributed by atoms with van der Waals surface area (Å²) >= 11 is 1.52. The van der Waals surface area contributed by atoms with Gasteiger partial charge in [0.05, 0.1) is 5.69 Å². The summed E-state index contributed by atoms with van der Waals surface area (Å²) in [5.74, 6) is 0.0211. The van der Waals surface area contributed by atoms with Crippen molar-refractivity contribution < 1.29 is 4.79 Å². The van der Waals surface area contributed by atoms with E-state index < -0.39 is 0 Å². The van der Waals surface area contributed by atoms with Crippen molar-refractivity contribution >= 4 is 22.9 Å². The van der Waals surface area contributed by atoms with Crippen LogP contribution in [0.2, 0.25) is 0 Å². The Morgan fingerprint density at radius 1 is 1.20 bits per heavy atom. The summed E-state index contributed by atoms with van der Waals surface area (Å²) < 4.78 is 0. The zero-order chi connectivity index (χ0) is 14.2. The molecule has 1 amide bonds. The van der Waals surface area contributed by atoms with Crippen molar-refractivity contribution in [3.63, 3.8) is 0 Å². The summed E-state index contributed by atoms with van der Waals surface area (Å²) in [5.41, 5.74) is 1.71. The molecular formula is C15H17N3OS. The van der Waals surface area contributed by atoms with E-state index >= 15 is 0 Å². The van der Waals surface area contributed by atoms with Gasteiger partial charge in [0.15, 0.2) is 0 Å². The number of anilines is 1. The van der Waals surface area contributed by atoms with Gasteiger partial charge in [-0.05, 0) is 36.6 Å². The van der Waals surface area contributed by atoms with Gasteiger partial charge < -0.3 is 10.6 Å². The van der Waals surface area contributed by atoms with E-state index in [-0.39, 0.29) is 11.6 Å². The van der Waals surface area contributed by atoms with E-state index in [2.05, 4.69) is 35.5 Å². The van der Waals surface area contributed by atoms with Gasteiger partial charge in [0.1, 0.15) is 10.5 Å². The molecule has 2 aromatic rings. The average Bonchev–Trinajstić information content (AvgIpc) is 2.92. The SMILES string of the molecule is CCC1(CC)NC(=O)c2sc(-c3ccncc3)cc2N1. The normalized spacial score (nSPS) is 16.2. The molecule has 4 nitrogen and oxygen atoms in total. The molecule has 0 aromatic carbocycles. The van der Waals surface area contributed by atoms with E-state index in [1.54, 1.807) is 12.4 Å². The van der Waals surface area contributed by atoms with Gasteiger partial charge in [-0.25, -0.2) is 0 Å². The Balaban J connectivity index is 2.02. The Morgan fingerprint density at radius 3 is 2.55 bits per heavy atom. The van der Waals surface area contributed by atoms with Crippen LogP contribution >= 0.6 is 11.3 Å². The van der Waals surface area contributed by atoms with Gasteiger partial charge in [-0.3, -0.25) is 9.78 Å². The number of thiophene rings is 1. The van der Waals surface area contributed by atoms with Crippen LogP contribution in [0.1, 0.15) is 36.4 Å². The largest absolute Gasteiger partial charge is 0.361 e. The minimum absolute atomic E-state index is 0.0211. The monoisotopic (exact) mass is 287 g/mol. The molecule has 5 heteroatoms. The second-order valence-corrected chi connectivity index (χ2v) is 6.01. The zero-order valence-corrected chi connectivity index (χ0v) is 12.4. The maximum Gasteiger partial charge on any atom is 0.265 e. The molecule has 0 saturated heterocycles. The van der Waals surface area contributed by atoms with Crippen molar-refractivity contribution in [2.75, 3.05) is 5.32 Å². The van der Waals surface area contributed by atoms with Gasteiger partial charge in [-0.1, -0.05) is 13.8 Å². The standard InChI is InChI=1S/C15H17N3OS/c1-3-15(4-2)17-11-9-12(10-5-7-16-8-6-10)20-13(11)14(19)18-15/h5-9,17H,3-4H2,1-2H3,(H,18,19). The quantitative estimate of drug-likeness (QED) is 0.908. The van der Waals surface area contributed by atoms with E-state index in [4.69, 9.17) is 0 Å². The van der Waals surface area contributed by atoms with E-state index in [9.17, 15) is 4.79 Å².